The molecule has 2 nitrogen and oxygen atoms in total. The van der Waals surface area contributed by atoms with E-state index in [1.807, 2.05) is 0 Å². The highest BCUT2D eigenvalue weighted by molar-refractivity contribution is 5.27. The van der Waals surface area contributed by atoms with Crippen molar-refractivity contribution in [2.24, 2.45) is 5.92 Å². The van der Waals surface area contributed by atoms with Gasteiger partial charge in [-0.1, -0.05) is 26.0 Å². The molecule has 1 aromatic carbocycles. The average Bonchev–Trinajstić information content (AvgIpc) is 2.32. The van der Waals surface area contributed by atoms with Crippen molar-refractivity contribution >= 4 is 0 Å². The Morgan fingerprint density at radius 2 is 1.94 bits per heavy atom. The second-order valence-corrected chi connectivity index (χ2v) is 5.15. The van der Waals surface area contributed by atoms with Gasteiger partial charge in [0.05, 0.1) is 6.61 Å². The molecule has 1 N–H and O–H groups in total. The lowest BCUT2D eigenvalue weighted by Crippen LogP contribution is -2.39. The van der Waals surface area contributed by atoms with Crippen molar-refractivity contribution < 1.29 is 4.74 Å². The third kappa shape index (κ3) is 3.74. The van der Waals surface area contributed by atoms with Crippen molar-refractivity contribution in [3.8, 4) is 5.75 Å². The summed E-state index contributed by atoms with van der Waals surface area (Å²) < 4.78 is 5.56. The molecule has 1 fully saturated rings. The van der Waals surface area contributed by atoms with Crippen LogP contribution in [0.2, 0.25) is 0 Å². The van der Waals surface area contributed by atoms with E-state index in [1.54, 1.807) is 0 Å². The second-order valence-electron chi connectivity index (χ2n) is 5.15. The number of hydrogen-bond donors (Lipinski definition) is 1. The summed E-state index contributed by atoms with van der Waals surface area (Å²) in [6.07, 6.45) is 3.72. The molecular formula is C15H23NO. The van der Waals surface area contributed by atoms with E-state index in [1.165, 1.54) is 18.4 Å². The van der Waals surface area contributed by atoms with Gasteiger partial charge in [-0.25, -0.2) is 0 Å². The van der Waals surface area contributed by atoms with E-state index in [-0.39, 0.29) is 0 Å². The van der Waals surface area contributed by atoms with Crippen LogP contribution in [0.15, 0.2) is 24.3 Å². The predicted molar refractivity (Wildman–Crippen MR) is 71.3 cm³/mol. The molecule has 0 atom stereocenters. The van der Waals surface area contributed by atoms with Gasteiger partial charge in [0, 0.05) is 12.6 Å². The smallest absolute Gasteiger partial charge is 0.119 e. The number of rotatable bonds is 6. The SMILES string of the molecule is CCCOc1ccc(CNC2CC(C)C2)cc1. The summed E-state index contributed by atoms with van der Waals surface area (Å²) in [7, 11) is 0. The van der Waals surface area contributed by atoms with Gasteiger partial charge in [-0.15, -0.1) is 0 Å². The highest BCUT2D eigenvalue weighted by Crippen LogP contribution is 2.26. The molecule has 0 aromatic heterocycles. The minimum Gasteiger partial charge on any atom is -0.494 e. The monoisotopic (exact) mass is 233 g/mol. The van der Waals surface area contributed by atoms with Gasteiger partial charge in [0.1, 0.15) is 5.75 Å². The third-order valence-electron chi connectivity index (χ3n) is 3.36. The van der Waals surface area contributed by atoms with Gasteiger partial charge in [-0.3, -0.25) is 0 Å². The number of nitrogens with one attached hydrogen (secondary N) is 1. The molecule has 0 spiro atoms. The van der Waals surface area contributed by atoms with Gasteiger partial charge in [0.2, 0.25) is 0 Å². The topological polar surface area (TPSA) is 21.3 Å². The minimum absolute atomic E-state index is 0.737. The zero-order valence-electron chi connectivity index (χ0n) is 10.9. The van der Waals surface area contributed by atoms with Crippen LogP contribution in [0.1, 0.15) is 38.7 Å². The molecule has 1 saturated carbocycles. The van der Waals surface area contributed by atoms with Crippen LogP contribution in [0.25, 0.3) is 0 Å². The van der Waals surface area contributed by atoms with Crippen LogP contribution in [-0.2, 0) is 6.54 Å². The summed E-state index contributed by atoms with van der Waals surface area (Å²) in [5, 5.41) is 3.59. The first kappa shape index (κ1) is 12.4. The highest BCUT2D eigenvalue weighted by atomic mass is 16.5. The summed E-state index contributed by atoms with van der Waals surface area (Å²) in [5.41, 5.74) is 1.34. The van der Waals surface area contributed by atoms with E-state index in [9.17, 15) is 0 Å². The Bertz CT molecular complexity index is 327. The van der Waals surface area contributed by atoms with Crippen LogP contribution in [0.4, 0.5) is 0 Å². The predicted octanol–water partition coefficient (Wildman–Crippen LogP) is 3.36. The average molecular weight is 233 g/mol. The molecule has 0 aliphatic heterocycles. The number of ether oxygens (including phenoxy) is 1. The third-order valence-corrected chi connectivity index (χ3v) is 3.36. The molecule has 1 aliphatic rings. The minimum atomic E-state index is 0.737. The first-order chi connectivity index (χ1) is 8.28. The zero-order valence-corrected chi connectivity index (χ0v) is 10.9. The van der Waals surface area contributed by atoms with Crippen LogP contribution >= 0.6 is 0 Å². The second kappa shape index (κ2) is 6.06. The van der Waals surface area contributed by atoms with Gasteiger partial charge in [-0.05, 0) is 42.9 Å². The lowest BCUT2D eigenvalue weighted by Gasteiger charge is -2.33. The Kier molecular flexibility index (Phi) is 4.43. The molecule has 1 aliphatic carbocycles. The van der Waals surface area contributed by atoms with Gasteiger partial charge in [0.25, 0.3) is 0 Å². The molecule has 0 unspecified atom stereocenters. The van der Waals surface area contributed by atoms with E-state index in [2.05, 4.69) is 43.4 Å². The normalized spacial score (nSPS) is 23.2. The fourth-order valence-corrected chi connectivity index (χ4v) is 2.25. The molecule has 2 rings (SSSR count). The van der Waals surface area contributed by atoms with Crippen molar-refractivity contribution in [1.82, 2.24) is 5.32 Å². The molecule has 0 heterocycles. The molecule has 17 heavy (non-hydrogen) atoms. The van der Waals surface area contributed by atoms with Crippen molar-refractivity contribution in [2.45, 2.75) is 45.7 Å². The summed E-state index contributed by atoms with van der Waals surface area (Å²) >= 11 is 0. The summed E-state index contributed by atoms with van der Waals surface area (Å²) in [5.74, 6) is 1.89. The molecule has 2 heteroatoms. The molecular weight excluding hydrogens is 210 g/mol. The van der Waals surface area contributed by atoms with Crippen LogP contribution in [0, 0.1) is 5.92 Å². The fourth-order valence-electron chi connectivity index (χ4n) is 2.25. The first-order valence-electron chi connectivity index (χ1n) is 6.73. The van der Waals surface area contributed by atoms with Crippen molar-refractivity contribution in [3.63, 3.8) is 0 Å². The number of benzene rings is 1. The van der Waals surface area contributed by atoms with Gasteiger partial charge < -0.3 is 10.1 Å². The van der Waals surface area contributed by atoms with E-state index in [4.69, 9.17) is 4.74 Å². The molecule has 1 aromatic rings. The molecule has 0 bridgehead atoms. The van der Waals surface area contributed by atoms with Gasteiger partial charge in [0.15, 0.2) is 0 Å². The first-order valence-corrected chi connectivity index (χ1v) is 6.73. The van der Waals surface area contributed by atoms with Crippen LogP contribution in [-0.4, -0.2) is 12.6 Å². The Balaban J connectivity index is 1.73. The molecule has 0 saturated heterocycles. The lowest BCUT2D eigenvalue weighted by molar-refractivity contribution is 0.240. The molecule has 0 radical (unpaired) electrons. The van der Waals surface area contributed by atoms with Crippen LogP contribution < -0.4 is 10.1 Å². The maximum atomic E-state index is 5.56. The summed E-state index contributed by atoms with van der Waals surface area (Å²) in [4.78, 5) is 0. The van der Waals surface area contributed by atoms with Gasteiger partial charge in [-0.2, -0.15) is 0 Å². The Hall–Kier alpha value is -1.02. The van der Waals surface area contributed by atoms with E-state index in [0.717, 1.165) is 37.3 Å². The van der Waals surface area contributed by atoms with Crippen molar-refractivity contribution in [1.29, 1.82) is 0 Å². The van der Waals surface area contributed by atoms with Crippen molar-refractivity contribution in [2.75, 3.05) is 6.61 Å². The number of hydrogen-bond acceptors (Lipinski definition) is 2. The Labute approximate surface area is 104 Å². The Morgan fingerprint density at radius 3 is 2.53 bits per heavy atom. The summed E-state index contributed by atoms with van der Waals surface area (Å²) in [6.45, 7) is 6.22. The fraction of sp³-hybridized carbons (Fsp3) is 0.600. The van der Waals surface area contributed by atoms with E-state index in [0.29, 0.717) is 0 Å². The lowest BCUT2D eigenvalue weighted by atomic mass is 9.82. The quantitative estimate of drug-likeness (QED) is 0.813. The largest absolute Gasteiger partial charge is 0.494 e. The van der Waals surface area contributed by atoms with E-state index < -0.39 is 0 Å². The maximum absolute atomic E-state index is 5.56. The Morgan fingerprint density at radius 1 is 1.24 bits per heavy atom. The summed E-state index contributed by atoms with van der Waals surface area (Å²) in [6, 6.07) is 9.17. The van der Waals surface area contributed by atoms with Gasteiger partial charge >= 0.3 is 0 Å². The van der Waals surface area contributed by atoms with Crippen LogP contribution in [0.3, 0.4) is 0 Å². The van der Waals surface area contributed by atoms with Crippen molar-refractivity contribution in [3.05, 3.63) is 29.8 Å². The standard InChI is InChI=1S/C15H23NO/c1-3-8-17-15-6-4-13(5-7-15)11-16-14-9-12(2)10-14/h4-7,12,14,16H,3,8-11H2,1-2H3. The van der Waals surface area contributed by atoms with E-state index >= 15 is 0 Å². The van der Waals surface area contributed by atoms with Crippen LogP contribution in [0.5, 0.6) is 5.75 Å². The zero-order chi connectivity index (χ0) is 12.1. The molecule has 94 valence electrons. The maximum Gasteiger partial charge on any atom is 0.119 e. The highest BCUT2D eigenvalue weighted by Gasteiger charge is 2.24. The molecule has 0 amide bonds.